The van der Waals surface area contributed by atoms with Gasteiger partial charge >= 0.3 is 0 Å². The molecule has 21 heavy (non-hydrogen) atoms. The summed E-state index contributed by atoms with van der Waals surface area (Å²) >= 11 is 0. The van der Waals surface area contributed by atoms with Gasteiger partial charge < -0.3 is 10.6 Å². The normalized spacial score (nSPS) is 19.9. The zero-order valence-electron chi connectivity index (χ0n) is 14.3. The van der Waals surface area contributed by atoms with Crippen LogP contribution in [0.4, 0.5) is 0 Å². The maximum atomic E-state index is 6.13. The number of rotatable bonds is 4. The lowest BCUT2D eigenvalue weighted by Crippen LogP contribution is -2.49. The Kier molecular flexibility index (Phi) is 5.07. The Hall–Kier alpha value is -0.910. The predicted octanol–water partition coefficient (Wildman–Crippen LogP) is 1.35. The minimum Gasteiger partial charge on any atom is -0.329 e. The molecule has 0 aromatic carbocycles. The van der Waals surface area contributed by atoms with Crippen LogP contribution in [0.1, 0.15) is 45.0 Å². The molecule has 0 amide bonds. The minimum absolute atomic E-state index is 0.0508. The van der Waals surface area contributed by atoms with Gasteiger partial charge in [0.25, 0.3) is 0 Å². The van der Waals surface area contributed by atoms with Crippen LogP contribution < -0.4 is 5.73 Å². The second-order valence-electron chi connectivity index (χ2n) is 7.08. The summed E-state index contributed by atoms with van der Waals surface area (Å²) in [6.07, 6.45) is 2.16. The first-order valence-corrected chi connectivity index (χ1v) is 8.07. The van der Waals surface area contributed by atoms with Crippen LogP contribution in [0.5, 0.6) is 0 Å². The standard InChI is InChI=1S/C16H31N5/c1-6-20-7-9-21(10-8-20)14(11-17)13-12-19(5)18-15(13)16(2,3)4/h12,14H,6-11,17H2,1-5H3. The van der Waals surface area contributed by atoms with Crippen LogP contribution in [-0.4, -0.2) is 58.8 Å². The second kappa shape index (κ2) is 6.46. The molecule has 1 atom stereocenters. The fourth-order valence-corrected chi connectivity index (χ4v) is 3.20. The Bertz CT molecular complexity index is 452. The molecule has 0 bridgehead atoms. The van der Waals surface area contributed by atoms with Crippen LogP contribution in [-0.2, 0) is 12.5 Å². The molecule has 1 aliphatic rings. The van der Waals surface area contributed by atoms with Crippen LogP contribution in [0.3, 0.4) is 0 Å². The number of likely N-dealkylation sites (N-methyl/N-ethyl adjacent to an activating group) is 1. The van der Waals surface area contributed by atoms with E-state index in [0.717, 1.165) is 32.7 Å². The Labute approximate surface area is 129 Å². The molecule has 1 aromatic rings. The van der Waals surface area contributed by atoms with Crippen molar-refractivity contribution in [1.29, 1.82) is 0 Å². The fraction of sp³-hybridized carbons (Fsp3) is 0.812. The smallest absolute Gasteiger partial charge is 0.0726 e. The topological polar surface area (TPSA) is 50.3 Å². The number of piperazine rings is 1. The minimum atomic E-state index is 0.0508. The quantitative estimate of drug-likeness (QED) is 0.910. The highest BCUT2D eigenvalue weighted by Crippen LogP contribution is 2.31. The molecule has 2 N–H and O–H groups in total. The van der Waals surface area contributed by atoms with E-state index < -0.39 is 0 Å². The molecule has 120 valence electrons. The van der Waals surface area contributed by atoms with Gasteiger partial charge in [-0.05, 0) is 6.54 Å². The maximum Gasteiger partial charge on any atom is 0.0726 e. The summed E-state index contributed by atoms with van der Waals surface area (Å²) in [5.41, 5.74) is 8.66. The lowest BCUT2D eigenvalue weighted by Gasteiger charge is -2.39. The number of hydrogen-bond acceptors (Lipinski definition) is 4. The molecule has 0 spiro atoms. The van der Waals surface area contributed by atoms with Crippen LogP contribution in [0.15, 0.2) is 6.20 Å². The van der Waals surface area contributed by atoms with Gasteiger partial charge in [0.05, 0.1) is 11.7 Å². The number of aryl methyl sites for hydroxylation is 1. The summed E-state index contributed by atoms with van der Waals surface area (Å²) in [6, 6.07) is 0.284. The van der Waals surface area contributed by atoms with E-state index in [1.165, 1.54) is 11.3 Å². The van der Waals surface area contributed by atoms with Gasteiger partial charge in [-0.3, -0.25) is 9.58 Å². The molecule has 1 aromatic heterocycles. The van der Waals surface area contributed by atoms with Crippen molar-refractivity contribution in [2.75, 3.05) is 39.3 Å². The third kappa shape index (κ3) is 3.65. The van der Waals surface area contributed by atoms with Crippen molar-refractivity contribution in [2.24, 2.45) is 12.8 Å². The third-order valence-electron chi connectivity index (χ3n) is 4.44. The number of nitrogens with zero attached hydrogens (tertiary/aromatic N) is 4. The summed E-state index contributed by atoms with van der Waals surface area (Å²) in [5.74, 6) is 0. The zero-order valence-corrected chi connectivity index (χ0v) is 14.3. The Morgan fingerprint density at radius 1 is 1.24 bits per heavy atom. The molecular formula is C16H31N5. The first kappa shape index (κ1) is 16.5. The number of aromatic nitrogens is 2. The van der Waals surface area contributed by atoms with Gasteiger partial charge in [-0.25, -0.2) is 0 Å². The second-order valence-corrected chi connectivity index (χ2v) is 7.08. The van der Waals surface area contributed by atoms with Gasteiger partial charge in [0.1, 0.15) is 0 Å². The van der Waals surface area contributed by atoms with E-state index in [1.54, 1.807) is 0 Å². The van der Waals surface area contributed by atoms with Crippen molar-refractivity contribution in [3.63, 3.8) is 0 Å². The van der Waals surface area contributed by atoms with E-state index in [-0.39, 0.29) is 11.5 Å². The predicted molar refractivity (Wildman–Crippen MR) is 87.4 cm³/mol. The van der Waals surface area contributed by atoms with E-state index in [9.17, 15) is 0 Å². The molecule has 1 aliphatic heterocycles. The van der Waals surface area contributed by atoms with Crippen molar-refractivity contribution in [3.8, 4) is 0 Å². The first-order valence-electron chi connectivity index (χ1n) is 8.07. The lowest BCUT2D eigenvalue weighted by molar-refractivity contribution is 0.101. The van der Waals surface area contributed by atoms with Crippen LogP contribution in [0.25, 0.3) is 0 Å². The molecule has 0 aliphatic carbocycles. The molecule has 0 radical (unpaired) electrons. The highest BCUT2D eigenvalue weighted by atomic mass is 15.3. The molecule has 1 unspecified atom stereocenters. The third-order valence-corrected chi connectivity index (χ3v) is 4.44. The van der Waals surface area contributed by atoms with E-state index in [4.69, 9.17) is 10.8 Å². The molecule has 2 heterocycles. The molecule has 0 saturated carbocycles. The van der Waals surface area contributed by atoms with Gasteiger partial charge in [0, 0.05) is 56.9 Å². The Morgan fingerprint density at radius 3 is 2.33 bits per heavy atom. The number of hydrogen-bond donors (Lipinski definition) is 1. The van der Waals surface area contributed by atoms with Crippen LogP contribution in [0.2, 0.25) is 0 Å². The van der Waals surface area contributed by atoms with E-state index in [0.29, 0.717) is 6.54 Å². The lowest BCUT2D eigenvalue weighted by atomic mass is 9.87. The van der Waals surface area contributed by atoms with Crippen molar-refractivity contribution < 1.29 is 0 Å². The van der Waals surface area contributed by atoms with Crippen molar-refractivity contribution in [2.45, 2.75) is 39.2 Å². The summed E-state index contributed by atoms with van der Waals surface area (Å²) in [7, 11) is 2.00. The number of nitrogens with two attached hydrogens (primary N) is 1. The van der Waals surface area contributed by atoms with Gasteiger partial charge in [-0.2, -0.15) is 5.10 Å². The van der Waals surface area contributed by atoms with Crippen LogP contribution in [0, 0.1) is 0 Å². The van der Waals surface area contributed by atoms with Gasteiger partial charge in [0.15, 0.2) is 0 Å². The molecule has 1 fully saturated rings. The zero-order chi connectivity index (χ0) is 15.6. The van der Waals surface area contributed by atoms with E-state index >= 15 is 0 Å². The molecule has 1 saturated heterocycles. The molecule has 5 heteroatoms. The monoisotopic (exact) mass is 293 g/mol. The Balaban J connectivity index is 2.22. The van der Waals surface area contributed by atoms with Crippen molar-refractivity contribution in [1.82, 2.24) is 19.6 Å². The van der Waals surface area contributed by atoms with Crippen LogP contribution >= 0.6 is 0 Å². The first-order chi connectivity index (χ1) is 9.86. The average molecular weight is 293 g/mol. The maximum absolute atomic E-state index is 6.13. The van der Waals surface area contributed by atoms with Crippen molar-refractivity contribution >= 4 is 0 Å². The highest BCUT2D eigenvalue weighted by Gasteiger charge is 2.30. The van der Waals surface area contributed by atoms with Gasteiger partial charge in [-0.15, -0.1) is 0 Å². The largest absolute Gasteiger partial charge is 0.329 e. The fourth-order valence-electron chi connectivity index (χ4n) is 3.20. The summed E-state index contributed by atoms with van der Waals surface area (Å²) < 4.78 is 1.93. The summed E-state index contributed by atoms with van der Waals surface area (Å²) in [5, 5.41) is 4.70. The van der Waals surface area contributed by atoms with E-state index in [2.05, 4.69) is 43.7 Å². The molecule has 2 rings (SSSR count). The average Bonchev–Trinajstić information content (AvgIpc) is 2.82. The Morgan fingerprint density at radius 2 is 1.86 bits per heavy atom. The molecule has 5 nitrogen and oxygen atoms in total. The van der Waals surface area contributed by atoms with Gasteiger partial charge in [-0.1, -0.05) is 27.7 Å². The summed E-state index contributed by atoms with van der Waals surface area (Å²) in [4.78, 5) is 5.02. The summed E-state index contributed by atoms with van der Waals surface area (Å²) in [6.45, 7) is 15.2. The SMILES string of the molecule is CCN1CCN(C(CN)c2cn(C)nc2C(C)(C)C)CC1. The van der Waals surface area contributed by atoms with E-state index in [1.807, 2.05) is 11.7 Å². The van der Waals surface area contributed by atoms with Gasteiger partial charge in [0.2, 0.25) is 0 Å². The molecular weight excluding hydrogens is 262 g/mol. The highest BCUT2D eigenvalue weighted by molar-refractivity contribution is 5.28. The van der Waals surface area contributed by atoms with Crippen molar-refractivity contribution in [3.05, 3.63) is 17.5 Å².